The summed E-state index contributed by atoms with van der Waals surface area (Å²) in [7, 11) is 1.23. The molecule has 3 amide bonds. The van der Waals surface area contributed by atoms with E-state index in [0.717, 1.165) is 17.5 Å². The number of carbonyl (C=O) groups excluding carboxylic acids is 4. The highest BCUT2D eigenvalue weighted by molar-refractivity contribution is 6.30. The van der Waals surface area contributed by atoms with Crippen LogP contribution in [-0.4, -0.2) is 49.6 Å². The lowest BCUT2D eigenvalue weighted by Crippen LogP contribution is -2.52. The summed E-state index contributed by atoms with van der Waals surface area (Å²) >= 11 is 6.28. The van der Waals surface area contributed by atoms with Crippen molar-refractivity contribution in [2.45, 2.75) is 76.5 Å². The number of benzene rings is 2. The predicted molar refractivity (Wildman–Crippen MR) is 156 cm³/mol. The molecule has 10 heteroatoms. The van der Waals surface area contributed by atoms with E-state index in [4.69, 9.17) is 21.1 Å². The zero-order valence-corrected chi connectivity index (χ0v) is 24.8. The number of alkyl carbamates (subject to hydrolysis) is 1. The first-order valence-corrected chi connectivity index (χ1v) is 14.4. The van der Waals surface area contributed by atoms with Gasteiger partial charge in [0.25, 0.3) is 0 Å². The molecule has 3 N–H and O–H groups in total. The number of methoxy groups -OCH3 is 1. The van der Waals surface area contributed by atoms with Crippen LogP contribution in [0.3, 0.4) is 0 Å². The fourth-order valence-electron chi connectivity index (χ4n) is 5.04. The van der Waals surface area contributed by atoms with E-state index in [2.05, 4.69) is 16.0 Å². The van der Waals surface area contributed by atoms with Crippen LogP contribution in [0.1, 0.15) is 70.1 Å². The molecule has 0 radical (unpaired) electrons. The molecule has 3 rings (SSSR count). The highest BCUT2D eigenvalue weighted by atomic mass is 35.5. The van der Waals surface area contributed by atoms with Gasteiger partial charge in [-0.15, -0.1) is 0 Å². The second-order valence-corrected chi connectivity index (χ2v) is 11.3. The van der Waals surface area contributed by atoms with E-state index in [1.807, 2.05) is 69.3 Å². The lowest BCUT2D eigenvalue weighted by molar-refractivity contribution is -0.146. The highest BCUT2D eigenvalue weighted by Gasteiger charge is 2.38. The number of halogens is 1. The van der Waals surface area contributed by atoms with Crippen LogP contribution in [0.2, 0.25) is 5.02 Å². The summed E-state index contributed by atoms with van der Waals surface area (Å²) in [4.78, 5) is 51.3. The first-order valence-electron chi connectivity index (χ1n) is 14.0. The zero-order chi connectivity index (χ0) is 30.0. The van der Waals surface area contributed by atoms with Crippen LogP contribution in [0.5, 0.6) is 0 Å². The Morgan fingerprint density at radius 3 is 2.41 bits per heavy atom. The van der Waals surface area contributed by atoms with Gasteiger partial charge in [0.15, 0.2) is 0 Å². The van der Waals surface area contributed by atoms with Crippen LogP contribution in [0.15, 0.2) is 54.6 Å². The lowest BCUT2D eigenvalue weighted by atomic mass is 9.76. The Kier molecular flexibility index (Phi) is 11.6. The predicted octanol–water partition coefficient (Wildman–Crippen LogP) is 4.83. The maximum Gasteiger partial charge on any atom is 0.408 e. The second kappa shape index (κ2) is 14.9. The summed E-state index contributed by atoms with van der Waals surface area (Å²) < 4.78 is 10.9. The molecule has 2 aromatic rings. The minimum absolute atomic E-state index is 0.110. The molecule has 0 saturated carbocycles. The SMILES string of the molecule is CCCC[C@H](NC(=O)OC(c1ccccc1)C(C)(C)c1cccc(Cl)c1)C(=O)N[C@@H](CC1CCNC1=O)C(=O)OC. The summed E-state index contributed by atoms with van der Waals surface area (Å²) in [5.41, 5.74) is 0.981. The number of esters is 1. The normalized spacial score (nSPS) is 17.1. The minimum atomic E-state index is -1.03. The van der Waals surface area contributed by atoms with Gasteiger partial charge in [0.05, 0.1) is 7.11 Å². The number of unbranched alkanes of at least 4 members (excludes halogenated alkanes) is 1. The summed E-state index contributed by atoms with van der Waals surface area (Å²) in [6.07, 6.45) is 0.980. The topological polar surface area (TPSA) is 123 Å². The molecular weight excluding hydrogens is 546 g/mol. The van der Waals surface area contributed by atoms with Gasteiger partial charge in [-0.3, -0.25) is 9.59 Å². The maximum absolute atomic E-state index is 13.4. The van der Waals surface area contributed by atoms with Crippen LogP contribution < -0.4 is 16.0 Å². The Labute approximate surface area is 246 Å². The Morgan fingerprint density at radius 1 is 1.07 bits per heavy atom. The minimum Gasteiger partial charge on any atom is -0.467 e. The number of ether oxygens (including phenoxy) is 2. The van der Waals surface area contributed by atoms with Crippen LogP contribution in [0.4, 0.5) is 4.79 Å². The van der Waals surface area contributed by atoms with E-state index in [1.54, 1.807) is 6.07 Å². The Bertz CT molecular complexity index is 1210. The van der Waals surface area contributed by atoms with Gasteiger partial charge in [0.2, 0.25) is 11.8 Å². The van der Waals surface area contributed by atoms with Crippen LogP contribution >= 0.6 is 11.6 Å². The summed E-state index contributed by atoms with van der Waals surface area (Å²) in [6, 6.07) is 14.8. The second-order valence-electron chi connectivity index (χ2n) is 10.9. The van der Waals surface area contributed by atoms with Crippen LogP contribution in [-0.2, 0) is 29.3 Å². The standard InChI is InChI=1S/C31H40ClN3O6/c1-5-6-15-24(28(37)34-25(29(38)40-4)18-21-16-17-33-27(21)36)35-30(39)41-26(20-11-8-7-9-12-20)31(2,3)22-13-10-14-23(32)19-22/h7-14,19,21,24-26H,5-6,15-18H2,1-4H3,(H,33,36)(H,34,37)(H,35,39)/t21?,24-,25-,26?/m0/s1. The van der Waals surface area contributed by atoms with Crippen molar-refractivity contribution in [2.75, 3.05) is 13.7 Å². The molecule has 0 aliphatic carbocycles. The van der Waals surface area contributed by atoms with Crippen molar-refractivity contribution < 1.29 is 28.7 Å². The van der Waals surface area contributed by atoms with E-state index in [-0.39, 0.29) is 12.3 Å². The first kappa shape index (κ1) is 31.9. The summed E-state index contributed by atoms with van der Waals surface area (Å²) in [5, 5.41) is 8.72. The third kappa shape index (κ3) is 8.70. The Morgan fingerprint density at radius 2 is 1.80 bits per heavy atom. The van der Waals surface area contributed by atoms with Gasteiger partial charge < -0.3 is 25.4 Å². The number of rotatable bonds is 13. The highest BCUT2D eigenvalue weighted by Crippen LogP contribution is 2.40. The fraction of sp³-hybridized carbons (Fsp3) is 0.484. The van der Waals surface area contributed by atoms with Gasteiger partial charge in [-0.25, -0.2) is 9.59 Å². The van der Waals surface area contributed by atoms with Crippen LogP contribution in [0.25, 0.3) is 0 Å². The number of carbonyl (C=O) groups is 4. The van der Waals surface area contributed by atoms with Gasteiger partial charge in [0.1, 0.15) is 18.2 Å². The van der Waals surface area contributed by atoms with Gasteiger partial charge in [-0.2, -0.15) is 0 Å². The summed E-state index contributed by atoms with van der Waals surface area (Å²) in [6.45, 7) is 6.42. The molecule has 1 aliphatic heterocycles. The smallest absolute Gasteiger partial charge is 0.408 e. The van der Waals surface area contributed by atoms with Gasteiger partial charge in [-0.1, -0.05) is 87.7 Å². The average molecular weight is 586 g/mol. The molecule has 0 spiro atoms. The zero-order valence-electron chi connectivity index (χ0n) is 24.1. The molecule has 4 atom stereocenters. The number of nitrogens with one attached hydrogen (secondary N) is 3. The molecule has 1 aliphatic rings. The monoisotopic (exact) mass is 585 g/mol. The van der Waals surface area contributed by atoms with E-state index in [0.29, 0.717) is 30.8 Å². The maximum atomic E-state index is 13.4. The molecule has 0 aromatic heterocycles. The molecule has 2 unspecified atom stereocenters. The van der Waals surface area contributed by atoms with E-state index < -0.39 is 47.5 Å². The van der Waals surface area contributed by atoms with Gasteiger partial charge in [0, 0.05) is 22.9 Å². The number of hydrogen-bond acceptors (Lipinski definition) is 6. The van der Waals surface area contributed by atoms with E-state index in [9.17, 15) is 19.2 Å². The number of hydrogen-bond donors (Lipinski definition) is 3. The van der Waals surface area contributed by atoms with Crippen molar-refractivity contribution in [3.63, 3.8) is 0 Å². The van der Waals surface area contributed by atoms with Crippen molar-refractivity contribution in [2.24, 2.45) is 5.92 Å². The molecule has 222 valence electrons. The van der Waals surface area contributed by atoms with Gasteiger partial charge in [-0.05, 0) is 42.5 Å². The molecule has 9 nitrogen and oxygen atoms in total. The van der Waals surface area contributed by atoms with Crippen molar-refractivity contribution in [3.05, 3.63) is 70.7 Å². The third-order valence-corrected chi connectivity index (χ3v) is 7.73. The number of amides is 3. The third-order valence-electron chi connectivity index (χ3n) is 7.49. The molecule has 41 heavy (non-hydrogen) atoms. The lowest BCUT2D eigenvalue weighted by Gasteiger charge is -2.35. The van der Waals surface area contributed by atoms with Crippen molar-refractivity contribution in [1.29, 1.82) is 0 Å². The largest absolute Gasteiger partial charge is 0.467 e. The van der Waals surface area contributed by atoms with Crippen molar-refractivity contribution >= 4 is 35.5 Å². The Balaban J connectivity index is 1.79. The Hall–Kier alpha value is -3.59. The molecule has 1 heterocycles. The quantitative estimate of drug-likeness (QED) is 0.289. The fourth-order valence-corrected chi connectivity index (χ4v) is 5.23. The summed E-state index contributed by atoms with van der Waals surface area (Å²) in [5.74, 6) is -1.77. The van der Waals surface area contributed by atoms with Crippen LogP contribution in [0, 0.1) is 5.92 Å². The van der Waals surface area contributed by atoms with E-state index in [1.165, 1.54) is 7.11 Å². The molecule has 0 bridgehead atoms. The molecule has 2 aromatic carbocycles. The first-order chi connectivity index (χ1) is 19.6. The van der Waals surface area contributed by atoms with E-state index >= 15 is 0 Å². The van der Waals surface area contributed by atoms with Gasteiger partial charge >= 0.3 is 12.1 Å². The molecule has 1 fully saturated rings. The van der Waals surface area contributed by atoms with Crippen molar-refractivity contribution in [1.82, 2.24) is 16.0 Å². The van der Waals surface area contributed by atoms with Crippen molar-refractivity contribution in [3.8, 4) is 0 Å². The average Bonchev–Trinajstić information content (AvgIpc) is 3.37. The molecule has 1 saturated heterocycles. The molecular formula is C31H40ClN3O6.